The molecule has 1 unspecified atom stereocenters. The maximum absolute atomic E-state index is 9.75. The molecule has 1 aliphatic rings. The topological polar surface area (TPSA) is 45.2 Å². The van der Waals surface area contributed by atoms with Gasteiger partial charge in [-0.25, -0.2) is 0 Å². The van der Waals surface area contributed by atoms with E-state index in [0.29, 0.717) is 26.4 Å². The van der Waals surface area contributed by atoms with Crippen molar-refractivity contribution in [2.24, 2.45) is 0 Å². The number of hydrogen-bond donors (Lipinski definition) is 1. The van der Waals surface area contributed by atoms with Crippen LogP contribution in [0.2, 0.25) is 0 Å². The summed E-state index contributed by atoms with van der Waals surface area (Å²) in [6.45, 7) is 6.47. The molecular formula is C11H24N2O3. The van der Waals surface area contributed by atoms with Crippen LogP contribution in [0.4, 0.5) is 0 Å². The predicted molar refractivity (Wildman–Crippen MR) is 62.6 cm³/mol. The molecule has 0 radical (unpaired) electrons. The molecule has 0 aliphatic carbocycles. The molecule has 0 aromatic rings. The van der Waals surface area contributed by atoms with Gasteiger partial charge in [-0.2, -0.15) is 0 Å². The Kier molecular flexibility index (Phi) is 6.91. The van der Waals surface area contributed by atoms with Crippen LogP contribution in [0.25, 0.3) is 0 Å². The molecule has 0 spiro atoms. The summed E-state index contributed by atoms with van der Waals surface area (Å²) in [7, 11) is 3.77. The third kappa shape index (κ3) is 5.77. The lowest BCUT2D eigenvalue weighted by molar-refractivity contribution is -0.00571. The van der Waals surface area contributed by atoms with Crippen LogP contribution in [0.3, 0.4) is 0 Å². The van der Waals surface area contributed by atoms with Crippen molar-refractivity contribution in [3.8, 4) is 0 Å². The second-order valence-electron chi connectivity index (χ2n) is 4.33. The molecular weight excluding hydrogens is 208 g/mol. The highest BCUT2D eigenvalue weighted by atomic mass is 16.5. The monoisotopic (exact) mass is 232 g/mol. The first-order chi connectivity index (χ1) is 7.72. The minimum absolute atomic E-state index is 0.389. The zero-order valence-electron chi connectivity index (χ0n) is 10.4. The number of nitrogens with zero attached hydrogens (tertiary/aromatic N) is 2. The maximum Gasteiger partial charge on any atom is 0.0900 e. The van der Waals surface area contributed by atoms with Crippen molar-refractivity contribution in [3.05, 3.63) is 0 Å². The number of ether oxygens (including phenoxy) is 2. The van der Waals surface area contributed by atoms with Crippen molar-refractivity contribution in [3.63, 3.8) is 0 Å². The molecule has 0 amide bonds. The van der Waals surface area contributed by atoms with Crippen molar-refractivity contribution in [1.82, 2.24) is 9.80 Å². The summed E-state index contributed by atoms with van der Waals surface area (Å²) < 4.78 is 10.1. The number of rotatable bonds is 7. The van der Waals surface area contributed by atoms with Crippen LogP contribution in [-0.4, -0.2) is 87.7 Å². The number of piperazine rings is 1. The number of aliphatic hydroxyl groups is 1. The van der Waals surface area contributed by atoms with Crippen molar-refractivity contribution in [2.75, 3.05) is 66.7 Å². The maximum atomic E-state index is 9.75. The van der Waals surface area contributed by atoms with E-state index in [1.165, 1.54) is 0 Å². The van der Waals surface area contributed by atoms with E-state index in [1.807, 2.05) is 0 Å². The molecule has 5 heteroatoms. The quantitative estimate of drug-likeness (QED) is 0.586. The smallest absolute Gasteiger partial charge is 0.0900 e. The predicted octanol–water partition coefficient (Wildman–Crippen LogP) is -0.742. The lowest BCUT2D eigenvalue weighted by Gasteiger charge is -2.33. The number of β-amino-alcohol motifs (C(OH)–C–C–N with tert-alkyl or cyclic N) is 1. The van der Waals surface area contributed by atoms with E-state index < -0.39 is 0 Å². The van der Waals surface area contributed by atoms with Gasteiger partial charge in [-0.15, -0.1) is 0 Å². The Labute approximate surface area is 97.9 Å². The average Bonchev–Trinajstić information content (AvgIpc) is 2.28. The van der Waals surface area contributed by atoms with Crippen LogP contribution in [0.15, 0.2) is 0 Å². The summed E-state index contributed by atoms with van der Waals surface area (Å²) in [5.74, 6) is 0. The van der Waals surface area contributed by atoms with Gasteiger partial charge in [0.2, 0.25) is 0 Å². The summed E-state index contributed by atoms with van der Waals surface area (Å²) in [4.78, 5) is 4.59. The van der Waals surface area contributed by atoms with Gasteiger partial charge in [-0.05, 0) is 7.05 Å². The van der Waals surface area contributed by atoms with Crippen LogP contribution < -0.4 is 0 Å². The Hall–Kier alpha value is -0.200. The molecule has 0 bridgehead atoms. The molecule has 1 fully saturated rings. The molecule has 16 heavy (non-hydrogen) atoms. The Morgan fingerprint density at radius 1 is 1.19 bits per heavy atom. The van der Waals surface area contributed by atoms with Gasteiger partial charge in [0.25, 0.3) is 0 Å². The van der Waals surface area contributed by atoms with Crippen LogP contribution in [0.5, 0.6) is 0 Å². The molecule has 0 aromatic heterocycles. The van der Waals surface area contributed by atoms with Crippen molar-refractivity contribution in [1.29, 1.82) is 0 Å². The Balaban J connectivity index is 2.02. The summed E-state index contributed by atoms with van der Waals surface area (Å²) in [6, 6.07) is 0. The number of aliphatic hydroxyl groups excluding tert-OH is 1. The lowest BCUT2D eigenvalue weighted by atomic mass is 10.3. The van der Waals surface area contributed by atoms with Crippen LogP contribution >= 0.6 is 0 Å². The number of hydrogen-bond acceptors (Lipinski definition) is 5. The zero-order valence-corrected chi connectivity index (χ0v) is 10.4. The van der Waals surface area contributed by atoms with Gasteiger partial charge < -0.3 is 19.5 Å². The van der Waals surface area contributed by atoms with E-state index in [9.17, 15) is 5.11 Å². The van der Waals surface area contributed by atoms with E-state index in [4.69, 9.17) is 9.47 Å². The van der Waals surface area contributed by atoms with Gasteiger partial charge in [0.05, 0.1) is 25.9 Å². The second kappa shape index (κ2) is 7.97. The fourth-order valence-electron chi connectivity index (χ4n) is 1.74. The highest BCUT2D eigenvalue weighted by Gasteiger charge is 2.16. The minimum Gasteiger partial charge on any atom is -0.389 e. The van der Waals surface area contributed by atoms with E-state index >= 15 is 0 Å². The van der Waals surface area contributed by atoms with Crippen LogP contribution in [0.1, 0.15) is 0 Å². The molecule has 1 N–H and O–H groups in total. The fourth-order valence-corrected chi connectivity index (χ4v) is 1.74. The fraction of sp³-hybridized carbons (Fsp3) is 1.00. The van der Waals surface area contributed by atoms with Gasteiger partial charge in [0.15, 0.2) is 0 Å². The van der Waals surface area contributed by atoms with E-state index in [2.05, 4.69) is 16.8 Å². The molecule has 1 atom stereocenters. The first-order valence-corrected chi connectivity index (χ1v) is 5.88. The summed E-state index contributed by atoms with van der Waals surface area (Å²) >= 11 is 0. The second-order valence-corrected chi connectivity index (χ2v) is 4.33. The Morgan fingerprint density at radius 3 is 2.50 bits per heavy atom. The van der Waals surface area contributed by atoms with E-state index in [-0.39, 0.29) is 6.10 Å². The molecule has 96 valence electrons. The van der Waals surface area contributed by atoms with Crippen molar-refractivity contribution >= 4 is 0 Å². The normalized spacial score (nSPS) is 21.2. The first kappa shape index (κ1) is 13.9. The van der Waals surface area contributed by atoms with Crippen molar-refractivity contribution in [2.45, 2.75) is 6.10 Å². The van der Waals surface area contributed by atoms with E-state index in [1.54, 1.807) is 7.11 Å². The third-order valence-corrected chi connectivity index (χ3v) is 2.81. The molecule has 1 rings (SSSR count). The Bertz CT molecular complexity index is 173. The van der Waals surface area contributed by atoms with Crippen molar-refractivity contribution < 1.29 is 14.6 Å². The van der Waals surface area contributed by atoms with Gasteiger partial charge in [-0.3, -0.25) is 4.90 Å². The summed E-state index contributed by atoms with van der Waals surface area (Å²) in [6.07, 6.45) is -0.389. The number of methoxy groups -OCH3 is 1. The largest absolute Gasteiger partial charge is 0.389 e. The molecule has 1 saturated heterocycles. The molecule has 1 heterocycles. The highest BCUT2D eigenvalue weighted by Crippen LogP contribution is 2.00. The van der Waals surface area contributed by atoms with Gasteiger partial charge >= 0.3 is 0 Å². The summed E-state index contributed by atoms with van der Waals surface area (Å²) in [5.41, 5.74) is 0. The molecule has 0 saturated carbocycles. The standard InChI is InChI=1S/C11H24N2O3/c1-12-3-5-13(6-4-12)9-11(14)10-16-8-7-15-2/h11,14H,3-10H2,1-2H3. The molecule has 1 aliphatic heterocycles. The van der Waals surface area contributed by atoms with Gasteiger partial charge in [0.1, 0.15) is 0 Å². The third-order valence-electron chi connectivity index (χ3n) is 2.81. The average molecular weight is 232 g/mol. The van der Waals surface area contributed by atoms with Crippen LogP contribution in [0, 0.1) is 0 Å². The Morgan fingerprint density at radius 2 is 1.88 bits per heavy atom. The first-order valence-electron chi connectivity index (χ1n) is 5.88. The van der Waals surface area contributed by atoms with Gasteiger partial charge in [0, 0.05) is 39.8 Å². The molecule has 5 nitrogen and oxygen atoms in total. The number of likely N-dealkylation sites (N-methyl/N-ethyl adjacent to an activating group) is 1. The van der Waals surface area contributed by atoms with E-state index in [0.717, 1.165) is 26.2 Å². The zero-order chi connectivity index (χ0) is 11.8. The SMILES string of the molecule is COCCOCC(O)CN1CCN(C)CC1. The lowest BCUT2D eigenvalue weighted by Crippen LogP contribution is -2.47. The minimum atomic E-state index is -0.389. The highest BCUT2D eigenvalue weighted by molar-refractivity contribution is 4.71. The van der Waals surface area contributed by atoms with Crippen LogP contribution in [-0.2, 0) is 9.47 Å². The van der Waals surface area contributed by atoms with Gasteiger partial charge in [-0.1, -0.05) is 0 Å². The summed E-state index contributed by atoms with van der Waals surface area (Å²) in [5, 5.41) is 9.75. The molecule has 0 aromatic carbocycles.